The van der Waals surface area contributed by atoms with Crippen LogP contribution in [0, 0.1) is 0 Å². The van der Waals surface area contributed by atoms with E-state index in [0.29, 0.717) is 19.6 Å². The van der Waals surface area contributed by atoms with Gasteiger partial charge in [-0.15, -0.1) is 11.3 Å². The fraction of sp³-hybridized carbons (Fsp3) is 0.423. The summed E-state index contributed by atoms with van der Waals surface area (Å²) in [6.07, 6.45) is 10.5. The van der Waals surface area contributed by atoms with Crippen molar-refractivity contribution in [2.75, 3.05) is 44.2 Å². The van der Waals surface area contributed by atoms with Gasteiger partial charge in [0.2, 0.25) is 5.91 Å². The van der Waals surface area contributed by atoms with Crippen LogP contribution in [0.2, 0.25) is 0 Å². The van der Waals surface area contributed by atoms with Crippen LogP contribution in [0.15, 0.2) is 52.8 Å². The third-order valence-corrected chi connectivity index (χ3v) is 7.47. The van der Waals surface area contributed by atoms with Crippen LogP contribution in [0.3, 0.4) is 0 Å². The third kappa shape index (κ3) is 5.39. The summed E-state index contributed by atoms with van der Waals surface area (Å²) in [6.45, 7) is 5.80. The minimum Gasteiger partial charge on any atom is -0.372 e. The second-order valence-electron chi connectivity index (χ2n) is 9.07. The molecule has 8 heteroatoms. The lowest BCUT2D eigenvalue weighted by Gasteiger charge is -2.34. The van der Waals surface area contributed by atoms with E-state index in [2.05, 4.69) is 39.0 Å². The standard InChI is InChI=1S/C26H31N5O2S/c32-24(10-7-21-5-8-23(9-6-21)29-11-3-1-2-4-12-29)30-15-13-28(14-16-30)20-22-19-25(33)31-17-18-34-26(31)27-22/h5-10,17-19H,1-4,11-16,20H2. The molecule has 1 aromatic carbocycles. The molecule has 34 heavy (non-hydrogen) atoms. The molecule has 1 amide bonds. The van der Waals surface area contributed by atoms with Crippen LogP contribution in [0.1, 0.15) is 36.9 Å². The molecule has 0 saturated carbocycles. The van der Waals surface area contributed by atoms with Crippen LogP contribution in [0.5, 0.6) is 0 Å². The summed E-state index contributed by atoms with van der Waals surface area (Å²) < 4.78 is 1.57. The largest absolute Gasteiger partial charge is 0.372 e. The number of rotatable bonds is 5. The van der Waals surface area contributed by atoms with Crippen LogP contribution in [0.25, 0.3) is 11.0 Å². The van der Waals surface area contributed by atoms with Crippen LogP contribution in [-0.4, -0.2) is 64.4 Å². The Morgan fingerprint density at radius 2 is 1.71 bits per heavy atom. The monoisotopic (exact) mass is 477 g/mol. The predicted molar refractivity (Wildman–Crippen MR) is 137 cm³/mol. The number of hydrogen-bond donors (Lipinski definition) is 0. The zero-order valence-corrected chi connectivity index (χ0v) is 20.3. The van der Waals surface area contributed by atoms with Gasteiger partial charge in [0.1, 0.15) is 0 Å². The molecule has 178 valence electrons. The second-order valence-corrected chi connectivity index (χ2v) is 9.94. The van der Waals surface area contributed by atoms with Crippen molar-refractivity contribution >= 4 is 34.0 Å². The van der Waals surface area contributed by atoms with Gasteiger partial charge in [-0.1, -0.05) is 25.0 Å². The van der Waals surface area contributed by atoms with Crippen molar-refractivity contribution in [3.05, 3.63) is 69.6 Å². The van der Waals surface area contributed by atoms with E-state index in [9.17, 15) is 9.59 Å². The van der Waals surface area contributed by atoms with E-state index >= 15 is 0 Å². The summed E-state index contributed by atoms with van der Waals surface area (Å²) in [5.74, 6) is 0.0487. The first-order valence-electron chi connectivity index (χ1n) is 12.2. The number of benzene rings is 1. The summed E-state index contributed by atoms with van der Waals surface area (Å²) in [7, 11) is 0. The Hall–Kier alpha value is -2.97. The van der Waals surface area contributed by atoms with Crippen molar-refractivity contribution in [1.29, 1.82) is 0 Å². The molecule has 7 nitrogen and oxygen atoms in total. The van der Waals surface area contributed by atoms with E-state index in [1.54, 1.807) is 22.7 Å². The van der Waals surface area contributed by atoms with E-state index in [0.717, 1.165) is 42.4 Å². The van der Waals surface area contributed by atoms with Gasteiger partial charge in [0.25, 0.3) is 5.56 Å². The van der Waals surface area contributed by atoms with Gasteiger partial charge in [0.05, 0.1) is 5.69 Å². The number of thiazole rings is 1. The minimum absolute atomic E-state index is 0.0420. The Labute approximate surface area is 203 Å². The summed E-state index contributed by atoms with van der Waals surface area (Å²) in [5.41, 5.74) is 3.07. The maximum absolute atomic E-state index is 12.7. The van der Waals surface area contributed by atoms with Gasteiger partial charge in [0, 0.05) is 75.2 Å². The van der Waals surface area contributed by atoms with E-state index in [1.807, 2.05) is 16.4 Å². The highest BCUT2D eigenvalue weighted by molar-refractivity contribution is 7.15. The number of carbonyl (C=O) groups is 1. The Morgan fingerprint density at radius 1 is 0.971 bits per heavy atom. The molecular weight excluding hydrogens is 446 g/mol. The highest BCUT2D eigenvalue weighted by atomic mass is 32.1. The number of carbonyl (C=O) groups excluding carboxylic acids is 1. The van der Waals surface area contributed by atoms with E-state index in [1.165, 1.54) is 42.7 Å². The Balaban J connectivity index is 1.12. The van der Waals surface area contributed by atoms with Crippen LogP contribution in [-0.2, 0) is 11.3 Å². The van der Waals surface area contributed by atoms with Crippen molar-refractivity contribution in [1.82, 2.24) is 19.2 Å². The average molecular weight is 478 g/mol. The zero-order valence-electron chi connectivity index (χ0n) is 19.4. The van der Waals surface area contributed by atoms with Gasteiger partial charge in [0.15, 0.2) is 4.96 Å². The molecule has 3 aromatic rings. The lowest BCUT2D eigenvalue weighted by atomic mass is 10.1. The quantitative estimate of drug-likeness (QED) is 0.527. The molecule has 2 saturated heterocycles. The average Bonchev–Trinajstić information content (AvgIpc) is 3.17. The lowest BCUT2D eigenvalue weighted by Crippen LogP contribution is -2.48. The SMILES string of the molecule is O=C(C=Cc1ccc(N2CCCCCC2)cc1)N1CCN(Cc2cc(=O)n3ccsc3n2)CC1. The molecule has 0 N–H and O–H groups in total. The summed E-state index contributed by atoms with van der Waals surface area (Å²) in [5, 5.41) is 1.87. The molecule has 4 heterocycles. The number of nitrogens with zero attached hydrogens (tertiary/aromatic N) is 5. The zero-order chi connectivity index (χ0) is 23.3. The number of fused-ring (bicyclic) bond motifs is 1. The van der Waals surface area contributed by atoms with Crippen molar-refractivity contribution in [3.8, 4) is 0 Å². The molecule has 0 radical (unpaired) electrons. The second kappa shape index (κ2) is 10.5. The van der Waals surface area contributed by atoms with Crippen LogP contribution < -0.4 is 10.5 Å². The van der Waals surface area contributed by atoms with Gasteiger partial charge >= 0.3 is 0 Å². The van der Waals surface area contributed by atoms with Crippen LogP contribution in [0.4, 0.5) is 5.69 Å². The normalized spacial score (nSPS) is 18.0. The Morgan fingerprint density at radius 3 is 2.44 bits per heavy atom. The van der Waals surface area contributed by atoms with Gasteiger partial charge in [-0.25, -0.2) is 4.98 Å². The van der Waals surface area contributed by atoms with E-state index in [-0.39, 0.29) is 11.5 Å². The first kappa shape index (κ1) is 22.8. The van der Waals surface area contributed by atoms with Gasteiger partial charge in [-0.2, -0.15) is 0 Å². The van der Waals surface area contributed by atoms with E-state index in [4.69, 9.17) is 0 Å². The molecule has 5 rings (SSSR count). The molecule has 2 aliphatic heterocycles. The molecule has 0 atom stereocenters. The molecule has 2 aliphatic rings. The van der Waals surface area contributed by atoms with E-state index < -0.39 is 0 Å². The molecular formula is C26H31N5O2S. The third-order valence-electron chi connectivity index (χ3n) is 6.71. The Bertz CT molecular complexity index is 1200. The summed E-state index contributed by atoms with van der Waals surface area (Å²) >= 11 is 1.46. The molecule has 0 unspecified atom stereocenters. The molecule has 0 bridgehead atoms. The number of piperazine rings is 1. The number of aromatic nitrogens is 2. The van der Waals surface area contributed by atoms with Crippen molar-refractivity contribution in [3.63, 3.8) is 0 Å². The van der Waals surface area contributed by atoms with Crippen molar-refractivity contribution in [2.45, 2.75) is 32.2 Å². The lowest BCUT2D eigenvalue weighted by molar-refractivity contribution is -0.127. The molecule has 2 fully saturated rings. The number of hydrogen-bond acceptors (Lipinski definition) is 6. The molecule has 0 spiro atoms. The Kier molecular flexibility index (Phi) is 7.06. The van der Waals surface area contributed by atoms with Gasteiger partial charge < -0.3 is 9.80 Å². The molecule has 2 aromatic heterocycles. The summed E-state index contributed by atoms with van der Waals surface area (Å²) in [4.78, 5) is 36.8. The fourth-order valence-electron chi connectivity index (χ4n) is 4.72. The number of anilines is 1. The first-order chi connectivity index (χ1) is 16.7. The predicted octanol–water partition coefficient (Wildman–Crippen LogP) is 3.49. The summed E-state index contributed by atoms with van der Waals surface area (Å²) in [6, 6.07) is 10.1. The first-order valence-corrected chi connectivity index (χ1v) is 13.0. The smallest absolute Gasteiger partial charge is 0.258 e. The van der Waals surface area contributed by atoms with Crippen molar-refractivity contribution < 1.29 is 4.79 Å². The topological polar surface area (TPSA) is 61.2 Å². The maximum atomic E-state index is 12.7. The minimum atomic E-state index is -0.0420. The number of amides is 1. The fourth-order valence-corrected chi connectivity index (χ4v) is 5.46. The van der Waals surface area contributed by atoms with Gasteiger partial charge in [-0.3, -0.25) is 18.9 Å². The van der Waals surface area contributed by atoms with Crippen molar-refractivity contribution in [2.24, 2.45) is 0 Å². The molecule has 0 aliphatic carbocycles. The van der Waals surface area contributed by atoms with Gasteiger partial charge in [-0.05, 0) is 36.6 Å². The highest BCUT2D eigenvalue weighted by Crippen LogP contribution is 2.20. The highest BCUT2D eigenvalue weighted by Gasteiger charge is 2.20. The van der Waals surface area contributed by atoms with Crippen LogP contribution >= 0.6 is 11.3 Å². The maximum Gasteiger partial charge on any atom is 0.258 e.